The van der Waals surface area contributed by atoms with E-state index in [0.29, 0.717) is 5.75 Å². The smallest absolute Gasteiger partial charge is 0.134 e. The molecule has 0 saturated carbocycles. The molecule has 0 aliphatic rings. The molecule has 2 heterocycles. The average molecular weight is 451 g/mol. The van der Waals surface area contributed by atoms with E-state index in [1.54, 1.807) is 0 Å². The molecule has 0 bridgehead atoms. The van der Waals surface area contributed by atoms with Crippen molar-refractivity contribution in [2.24, 2.45) is 0 Å². The molecule has 0 aliphatic heterocycles. The summed E-state index contributed by atoms with van der Waals surface area (Å²) in [7, 11) is 0. The van der Waals surface area contributed by atoms with Crippen LogP contribution in [0.3, 0.4) is 0 Å². The number of phenols is 1. The number of rotatable bonds is 3. The fourth-order valence-corrected chi connectivity index (χ4v) is 5.40. The highest BCUT2D eigenvalue weighted by molar-refractivity contribution is 6.23. The first-order valence-electron chi connectivity index (χ1n) is 11.8. The van der Waals surface area contributed by atoms with Gasteiger partial charge in [0.05, 0.1) is 10.9 Å². The van der Waals surface area contributed by atoms with Gasteiger partial charge in [-0.2, -0.15) is 0 Å². The first-order chi connectivity index (χ1) is 17.3. The molecule has 0 spiro atoms. The molecule has 3 nitrogen and oxygen atoms in total. The van der Waals surface area contributed by atoms with Gasteiger partial charge in [0.2, 0.25) is 0 Å². The van der Waals surface area contributed by atoms with Crippen molar-refractivity contribution in [1.29, 1.82) is 0 Å². The lowest BCUT2D eigenvalue weighted by Gasteiger charge is -2.19. The highest BCUT2D eigenvalue weighted by Crippen LogP contribution is 2.52. The van der Waals surface area contributed by atoms with Crippen molar-refractivity contribution in [1.82, 2.24) is 9.97 Å². The van der Waals surface area contributed by atoms with E-state index in [9.17, 15) is 5.11 Å². The lowest BCUT2D eigenvalue weighted by molar-refractivity contribution is 0.484. The van der Waals surface area contributed by atoms with Crippen LogP contribution in [0.2, 0.25) is 0 Å². The van der Waals surface area contributed by atoms with Crippen molar-refractivity contribution in [2.75, 3.05) is 0 Å². The summed E-state index contributed by atoms with van der Waals surface area (Å²) in [6.07, 6.45) is 2.09. The zero-order chi connectivity index (χ0) is 23.4. The molecule has 0 fully saturated rings. The number of benzene rings is 5. The molecule has 5 aromatic carbocycles. The fourth-order valence-electron chi connectivity index (χ4n) is 5.40. The van der Waals surface area contributed by atoms with Crippen molar-refractivity contribution < 1.29 is 5.11 Å². The maximum Gasteiger partial charge on any atom is 0.134 e. The van der Waals surface area contributed by atoms with E-state index in [2.05, 4.69) is 82.9 Å². The summed E-state index contributed by atoms with van der Waals surface area (Å²) in [4.78, 5) is 7.12. The number of hydrogen-bond acceptors (Lipinski definition) is 1. The predicted molar refractivity (Wildman–Crippen MR) is 146 cm³/mol. The molecule has 3 N–H and O–H groups in total. The van der Waals surface area contributed by atoms with E-state index < -0.39 is 0 Å². The Bertz CT molecular complexity index is 1840. The molecular weight excluding hydrogens is 428 g/mol. The third-order valence-corrected chi connectivity index (χ3v) is 6.91. The molecule has 0 aliphatic carbocycles. The van der Waals surface area contributed by atoms with E-state index in [1.165, 1.54) is 0 Å². The van der Waals surface area contributed by atoms with Gasteiger partial charge >= 0.3 is 0 Å². The van der Waals surface area contributed by atoms with Crippen molar-refractivity contribution in [3.63, 3.8) is 0 Å². The number of hydrogen-bond donors (Lipinski definition) is 3. The zero-order valence-electron chi connectivity index (χ0n) is 18.9. The summed E-state index contributed by atoms with van der Waals surface area (Å²) in [6, 6.07) is 37.1. The van der Waals surface area contributed by atoms with Crippen LogP contribution < -0.4 is 0 Å². The van der Waals surface area contributed by atoms with Gasteiger partial charge < -0.3 is 15.1 Å². The number of aromatic nitrogens is 2. The Morgan fingerprint density at radius 1 is 0.514 bits per heavy atom. The minimum Gasteiger partial charge on any atom is -0.507 e. The highest BCUT2D eigenvalue weighted by Gasteiger charge is 2.26. The second kappa shape index (κ2) is 7.64. The van der Waals surface area contributed by atoms with Gasteiger partial charge in [0.1, 0.15) is 5.75 Å². The SMILES string of the molecule is Oc1c(-c2ccccc2)c(-c2ccccc2)c(-c2c[nH]c3ccccc23)c2[nH]c3ccccc3c12. The standard InChI is InChI=1S/C32H22N2O/c35-32-28(21-13-5-2-6-14-21)27(20-11-3-1-4-12-20)29(24-19-33-25-17-9-7-15-22(24)25)31-30(32)23-16-8-10-18-26(23)34-31/h1-19,33-35H. The molecule has 3 heteroatoms. The van der Waals surface area contributed by atoms with E-state index in [0.717, 1.165) is 66.1 Å². The first-order valence-corrected chi connectivity index (χ1v) is 11.8. The van der Waals surface area contributed by atoms with Crippen LogP contribution in [-0.2, 0) is 0 Å². The number of para-hydroxylation sites is 2. The molecule has 0 saturated heterocycles. The molecule has 0 radical (unpaired) electrons. The van der Waals surface area contributed by atoms with Crippen molar-refractivity contribution in [2.45, 2.75) is 0 Å². The number of phenolic OH excluding ortho intramolecular Hbond substituents is 1. The molecule has 0 amide bonds. The molecule has 35 heavy (non-hydrogen) atoms. The van der Waals surface area contributed by atoms with Gasteiger partial charge in [-0.05, 0) is 23.3 Å². The highest BCUT2D eigenvalue weighted by atomic mass is 16.3. The van der Waals surface area contributed by atoms with Crippen molar-refractivity contribution in [3.8, 4) is 39.1 Å². The van der Waals surface area contributed by atoms with Crippen molar-refractivity contribution in [3.05, 3.63) is 115 Å². The van der Waals surface area contributed by atoms with Crippen LogP contribution in [0, 0.1) is 0 Å². The normalized spacial score (nSPS) is 11.5. The van der Waals surface area contributed by atoms with Gasteiger partial charge in [0.15, 0.2) is 0 Å². The topological polar surface area (TPSA) is 51.8 Å². The maximum absolute atomic E-state index is 11.9. The lowest BCUT2D eigenvalue weighted by atomic mass is 9.84. The van der Waals surface area contributed by atoms with Crippen LogP contribution in [0.15, 0.2) is 115 Å². The quantitative estimate of drug-likeness (QED) is 0.248. The Balaban J connectivity index is 1.77. The maximum atomic E-state index is 11.9. The van der Waals surface area contributed by atoms with Gasteiger partial charge in [-0.3, -0.25) is 0 Å². The average Bonchev–Trinajstić information content (AvgIpc) is 3.52. The van der Waals surface area contributed by atoms with Crippen LogP contribution in [0.5, 0.6) is 5.75 Å². The molecule has 0 unspecified atom stereocenters. The molecule has 7 aromatic rings. The Kier molecular flexibility index (Phi) is 4.30. The Hall–Kier alpha value is -4.76. The predicted octanol–water partition coefficient (Wildman–Crippen LogP) is 8.51. The first kappa shape index (κ1) is 19.7. The number of fused-ring (bicyclic) bond motifs is 4. The molecule has 0 atom stereocenters. The van der Waals surface area contributed by atoms with Gasteiger partial charge in [0.25, 0.3) is 0 Å². The van der Waals surface area contributed by atoms with Gasteiger partial charge in [0, 0.05) is 50.3 Å². The number of H-pyrrole nitrogens is 2. The van der Waals surface area contributed by atoms with E-state index in [-0.39, 0.29) is 0 Å². The van der Waals surface area contributed by atoms with Gasteiger partial charge in [-0.15, -0.1) is 0 Å². The zero-order valence-corrected chi connectivity index (χ0v) is 18.9. The Labute approximate surface area is 202 Å². The minimum atomic E-state index is 0.297. The molecule has 7 rings (SSSR count). The second-order valence-electron chi connectivity index (χ2n) is 8.87. The molecular formula is C32H22N2O. The summed E-state index contributed by atoms with van der Waals surface area (Å²) in [6.45, 7) is 0. The summed E-state index contributed by atoms with van der Waals surface area (Å²) in [5.74, 6) is 0.297. The van der Waals surface area contributed by atoms with Gasteiger partial charge in [-0.25, -0.2) is 0 Å². The monoisotopic (exact) mass is 450 g/mol. The number of aromatic hydroxyl groups is 1. The van der Waals surface area contributed by atoms with Crippen LogP contribution >= 0.6 is 0 Å². The number of nitrogens with one attached hydrogen (secondary N) is 2. The number of aromatic amines is 2. The van der Waals surface area contributed by atoms with Crippen LogP contribution in [0.1, 0.15) is 0 Å². The van der Waals surface area contributed by atoms with E-state index in [4.69, 9.17) is 0 Å². The molecule has 2 aromatic heterocycles. The summed E-state index contributed by atoms with van der Waals surface area (Å²) in [5, 5.41) is 14.9. The second-order valence-corrected chi connectivity index (χ2v) is 8.87. The fraction of sp³-hybridized carbons (Fsp3) is 0. The van der Waals surface area contributed by atoms with Gasteiger partial charge in [-0.1, -0.05) is 97.1 Å². The van der Waals surface area contributed by atoms with Crippen molar-refractivity contribution >= 4 is 32.7 Å². The van der Waals surface area contributed by atoms with E-state index in [1.807, 2.05) is 42.5 Å². The summed E-state index contributed by atoms with van der Waals surface area (Å²) < 4.78 is 0. The minimum absolute atomic E-state index is 0.297. The Morgan fingerprint density at radius 2 is 1.09 bits per heavy atom. The van der Waals surface area contributed by atoms with Crippen LogP contribution in [0.4, 0.5) is 0 Å². The Morgan fingerprint density at radius 3 is 1.80 bits per heavy atom. The van der Waals surface area contributed by atoms with Crippen LogP contribution in [-0.4, -0.2) is 15.1 Å². The third-order valence-electron chi connectivity index (χ3n) is 6.91. The van der Waals surface area contributed by atoms with E-state index >= 15 is 0 Å². The lowest BCUT2D eigenvalue weighted by Crippen LogP contribution is -1.93. The summed E-state index contributed by atoms with van der Waals surface area (Å²) >= 11 is 0. The largest absolute Gasteiger partial charge is 0.507 e. The molecule has 166 valence electrons. The third kappa shape index (κ3) is 2.92. The van der Waals surface area contributed by atoms with Crippen LogP contribution in [0.25, 0.3) is 66.1 Å². The summed E-state index contributed by atoms with van der Waals surface area (Å²) in [5.41, 5.74) is 9.10.